The number of hydrogen-bond acceptors (Lipinski definition) is 2. The van der Waals surface area contributed by atoms with Crippen molar-refractivity contribution in [1.29, 1.82) is 0 Å². The van der Waals surface area contributed by atoms with Gasteiger partial charge in [0.25, 0.3) is 0 Å². The topological polar surface area (TPSA) is 46.1 Å². The van der Waals surface area contributed by atoms with Crippen molar-refractivity contribution < 1.29 is 10.2 Å². The molecule has 2 nitrogen and oxygen atoms in total. The molecule has 0 bridgehead atoms. The third kappa shape index (κ3) is 6.13. The average molecular weight is 230 g/mol. The summed E-state index contributed by atoms with van der Waals surface area (Å²) in [5, 5.41) is 19.1. The van der Waals surface area contributed by atoms with Gasteiger partial charge < -0.3 is 10.2 Å². The quantitative estimate of drug-likeness (QED) is 0.615. The van der Waals surface area contributed by atoms with E-state index in [0.29, 0.717) is 0 Å². The zero-order valence-corrected chi connectivity index (χ0v) is 11.4. The molecule has 0 N–H and O–H groups in total. The van der Waals surface area contributed by atoms with Gasteiger partial charge in [0.15, 0.2) is 0 Å². The summed E-state index contributed by atoms with van der Waals surface area (Å²) in [5.41, 5.74) is 0. The van der Waals surface area contributed by atoms with Crippen molar-refractivity contribution in [3.8, 4) is 0 Å². The summed E-state index contributed by atoms with van der Waals surface area (Å²) >= 11 is 0. The van der Waals surface area contributed by atoms with Crippen LogP contribution in [0.4, 0.5) is 0 Å². The summed E-state index contributed by atoms with van der Waals surface area (Å²) in [4.78, 5) is 0. The van der Waals surface area contributed by atoms with Gasteiger partial charge in [-0.2, -0.15) is 14.2 Å². The summed E-state index contributed by atoms with van der Waals surface area (Å²) in [6.45, 7) is 0. The Balaban J connectivity index is 0. The maximum Gasteiger partial charge on any atom is 2.00 e. The molecule has 2 rings (SSSR count). The molecule has 3 heteroatoms. The second-order valence-electron chi connectivity index (χ2n) is 2.35. The van der Waals surface area contributed by atoms with E-state index in [4.69, 9.17) is 10.2 Å². The maximum absolute atomic E-state index is 8.25. The molecule has 0 aromatic heterocycles. The van der Waals surface area contributed by atoms with E-state index in [9.17, 15) is 0 Å². The van der Waals surface area contributed by atoms with Crippen LogP contribution in [-0.4, -0.2) is 52.0 Å². The van der Waals surface area contributed by atoms with Gasteiger partial charge in [0.1, 0.15) is 0 Å². The molecule has 2 aromatic carbocycles. The summed E-state index contributed by atoms with van der Waals surface area (Å²) in [6.07, 6.45) is 0. The Morgan fingerprint density at radius 2 is 0.800 bits per heavy atom. The Hall–Kier alpha value is -0.120. The minimum absolute atomic E-state index is 0. The number of benzene rings is 2. The zero-order chi connectivity index (χ0) is 10.8. The third-order valence-electron chi connectivity index (χ3n) is 1.66. The number of hydrogen-bond donors (Lipinski definition) is 0. The van der Waals surface area contributed by atoms with Crippen molar-refractivity contribution >= 4 is 48.5 Å². The first-order chi connectivity index (χ1) is 6.97. The molecule has 0 amide bonds. The number of fused-ring (bicyclic) bond motifs is 1. The van der Waals surface area contributed by atoms with Gasteiger partial charge in [-0.15, -0.1) is 0 Å². The normalized spacial score (nSPS) is 7.47. The number of rotatable bonds is 0. The van der Waals surface area contributed by atoms with Gasteiger partial charge in [-0.3, -0.25) is 0 Å². The zero-order valence-electron chi connectivity index (χ0n) is 9.14. The van der Waals surface area contributed by atoms with Gasteiger partial charge in [-0.1, -0.05) is 48.5 Å². The SMILES string of the molecule is C[O-].C[O-].[Ca+2].c1ccc2ccccc2c1. The second-order valence-corrected chi connectivity index (χ2v) is 2.35. The summed E-state index contributed by atoms with van der Waals surface area (Å²) in [7, 11) is 1.50. The fourth-order valence-corrected chi connectivity index (χ4v) is 1.13. The van der Waals surface area contributed by atoms with Crippen LogP contribution in [0.25, 0.3) is 10.8 Å². The van der Waals surface area contributed by atoms with Crippen LogP contribution in [0, 0.1) is 0 Å². The van der Waals surface area contributed by atoms with E-state index in [1.807, 2.05) is 0 Å². The van der Waals surface area contributed by atoms with Crippen LogP contribution in [0.1, 0.15) is 0 Å². The molecule has 2 aromatic rings. The van der Waals surface area contributed by atoms with Gasteiger partial charge in [0.05, 0.1) is 0 Å². The largest absolute Gasteiger partial charge is 2.00 e. The fourth-order valence-electron chi connectivity index (χ4n) is 1.13. The van der Waals surface area contributed by atoms with E-state index >= 15 is 0 Å². The molecule has 0 saturated carbocycles. The van der Waals surface area contributed by atoms with Crippen molar-refractivity contribution in [1.82, 2.24) is 0 Å². The third-order valence-corrected chi connectivity index (χ3v) is 1.66. The van der Waals surface area contributed by atoms with E-state index in [-0.39, 0.29) is 37.7 Å². The monoisotopic (exact) mass is 230 g/mol. The Morgan fingerprint density at radius 1 is 0.600 bits per heavy atom. The van der Waals surface area contributed by atoms with Crippen LogP contribution in [0.5, 0.6) is 0 Å². The van der Waals surface area contributed by atoms with Crippen LogP contribution in [0.15, 0.2) is 48.5 Å². The van der Waals surface area contributed by atoms with Crippen molar-refractivity contribution in [3.05, 3.63) is 48.5 Å². The Labute approximate surface area is 121 Å². The van der Waals surface area contributed by atoms with E-state index in [1.54, 1.807) is 0 Å². The summed E-state index contributed by atoms with van der Waals surface area (Å²) < 4.78 is 0. The van der Waals surface area contributed by atoms with Crippen molar-refractivity contribution in [3.63, 3.8) is 0 Å². The molecule has 76 valence electrons. The van der Waals surface area contributed by atoms with Crippen LogP contribution < -0.4 is 10.2 Å². The maximum atomic E-state index is 8.25. The molecule has 0 aliphatic carbocycles. The predicted molar refractivity (Wildman–Crippen MR) is 61.6 cm³/mol. The first kappa shape index (κ1) is 17.3. The molecule has 0 atom stereocenters. The molecule has 0 aliphatic rings. The Bertz CT molecular complexity index is 285. The van der Waals surface area contributed by atoms with Crippen molar-refractivity contribution in [2.45, 2.75) is 0 Å². The Morgan fingerprint density at radius 3 is 1.00 bits per heavy atom. The van der Waals surface area contributed by atoms with E-state index in [2.05, 4.69) is 48.5 Å². The molecular weight excluding hydrogens is 216 g/mol. The van der Waals surface area contributed by atoms with Crippen LogP contribution in [-0.2, 0) is 0 Å². The molecule has 0 fully saturated rings. The van der Waals surface area contributed by atoms with E-state index < -0.39 is 0 Å². The minimum Gasteiger partial charge on any atom is -0.857 e. The molecule has 0 spiro atoms. The molecule has 0 saturated heterocycles. The fraction of sp³-hybridized carbons (Fsp3) is 0.167. The van der Waals surface area contributed by atoms with Crippen molar-refractivity contribution in [2.75, 3.05) is 14.2 Å². The van der Waals surface area contributed by atoms with Gasteiger partial charge in [0.2, 0.25) is 0 Å². The first-order valence-electron chi connectivity index (χ1n) is 4.22. The second kappa shape index (κ2) is 12.0. The van der Waals surface area contributed by atoms with Gasteiger partial charge in [-0.25, -0.2) is 0 Å². The van der Waals surface area contributed by atoms with Crippen LogP contribution in [0.2, 0.25) is 0 Å². The molecule has 0 radical (unpaired) electrons. The Kier molecular flexibility index (Phi) is 13.8. The van der Waals surface area contributed by atoms with Crippen LogP contribution >= 0.6 is 0 Å². The molecule has 0 aliphatic heterocycles. The van der Waals surface area contributed by atoms with E-state index in [0.717, 1.165) is 14.2 Å². The first-order valence-corrected chi connectivity index (χ1v) is 4.22. The standard InChI is InChI=1S/C10H8.2CH3O.Ca/c1-2-6-10-8-4-3-7-9(10)5-1;2*1-2;/h1-8H;2*1H3;/q;2*-1;+2. The molecule has 15 heavy (non-hydrogen) atoms. The minimum atomic E-state index is 0. The average Bonchev–Trinajstić information content (AvgIpc) is 2.34. The van der Waals surface area contributed by atoms with Gasteiger partial charge in [0, 0.05) is 0 Å². The molecule has 0 unspecified atom stereocenters. The summed E-state index contributed by atoms with van der Waals surface area (Å²) in [6, 6.07) is 16.7. The van der Waals surface area contributed by atoms with E-state index in [1.165, 1.54) is 10.8 Å². The predicted octanol–water partition coefficient (Wildman–Crippen LogP) is 0.412. The van der Waals surface area contributed by atoms with Crippen molar-refractivity contribution in [2.24, 2.45) is 0 Å². The van der Waals surface area contributed by atoms with Gasteiger partial charge >= 0.3 is 37.7 Å². The molecular formula is C12H14CaO2. The molecule has 0 heterocycles. The smallest absolute Gasteiger partial charge is 0.857 e. The van der Waals surface area contributed by atoms with Crippen LogP contribution in [0.3, 0.4) is 0 Å². The van der Waals surface area contributed by atoms with Gasteiger partial charge in [-0.05, 0) is 10.8 Å². The summed E-state index contributed by atoms with van der Waals surface area (Å²) in [5.74, 6) is 0.